The number of hydrogen-bond donors (Lipinski definition) is 1. The monoisotopic (exact) mass is 370 g/mol. The van der Waals surface area contributed by atoms with Crippen LogP contribution >= 0.6 is 11.6 Å². The van der Waals surface area contributed by atoms with E-state index in [9.17, 15) is 4.79 Å². The van der Waals surface area contributed by atoms with Gasteiger partial charge in [-0.15, -0.1) is 0 Å². The standard InChI is InChI=1S/C21H20ClNO3/c1-2-3-15-10-20(24)26-21-17(15)8-9-19-18(21)12-23(13-25-19)11-14-4-6-16(22)7-5-14/h4-10H,2-3,11-13H2,1H3/p+1. The van der Waals surface area contributed by atoms with Crippen LogP contribution in [0.3, 0.4) is 0 Å². The van der Waals surface area contributed by atoms with Crippen molar-refractivity contribution in [2.45, 2.75) is 32.9 Å². The summed E-state index contributed by atoms with van der Waals surface area (Å²) in [7, 11) is 0. The minimum atomic E-state index is -0.292. The van der Waals surface area contributed by atoms with Crippen LogP contribution in [0, 0.1) is 0 Å². The molecule has 0 bridgehead atoms. The van der Waals surface area contributed by atoms with Gasteiger partial charge < -0.3 is 9.15 Å². The van der Waals surface area contributed by atoms with E-state index in [2.05, 4.69) is 6.92 Å². The highest BCUT2D eigenvalue weighted by atomic mass is 35.5. The lowest BCUT2D eigenvalue weighted by atomic mass is 10.0. The van der Waals surface area contributed by atoms with Crippen LogP contribution < -0.4 is 15.3 Å². The number of quaternary nitrogens is 1. The summed E-state index contributed by atoms with van der Waals surface area (Å²) in [6, 6.07) is 13.5. The van der Waals surface area contributed by atoms with Gasteiger partial charge in [0.15, 0.2) is 5.58 Å². The number of fused-ring (bicyclic) bond motifs is 3. The van der Waals surface area contributed by atoms with Crippen molar-refractivity contribution in [2.24, 2.45) is 0 Å². The van der Waals surface area contributed by atoms with Crippen molar-refractivity contribution >= 4 is 22.6 Å². The van der Waals surface area contributed by atoms with Crippen LogP contribution in [0.1, 0.15) is 30.0 Å². The summed E-state index contributed by atoms with van der Waals surface area (Å²) in [5.74, 6) is 0.814. The molecule has 0 radical (unpaired) electrons. The Morgan fingerprint density at radius 1 is 1.15 bits per heavy atom. The number of ether oxygens (including phenoxy) is 1. The summed E-state index contributed by atoms with van der Waals surface area (Å²) >= 11 is 5.97. The first-order valence-corrected chi connectivity index (χ1v) is 9.31. The third kappa shape index (κ3) is 3.35. The molecule has 1 aliphatic rings. The number of nitrogens with one attached hydrogen (secondary N) is 1. The minimum absolute atomic E-state index is 0.292. The highest BCUT2D eigenvalue weighted by Gasteiger charge is 2.25. The molecule has 134 valence electrons. The Morgan fingerprint density at radius 3 is 2.73 bits per heavy atom. The number of rotatable bonds is 4. The zero-order valence-electron chi connectivity index (χ0n) is 14.7. The Hall–Kier alpha value is -2.30. The molecule has 0 saturated heterocycles. The molecule has 0 fully saturated rings. The van der Waals surface area contributed by atoms with Gasteiger partial charge in [-0.3, -0.25) is 4.90 Å². The zero-order chi connectivity index (χ0) is 18.1. The molecule has 2 heterocycles. The number of benzene rings is 2. The number of halogens is 1. The van der Waals surface area contributed by atoms with Crippen molar-refractivity contribution in [2.75, 3.05) is 6.73 Å². The largest absolute Gasteiger partial charge is 0.445 e. The molecule has 1 aliphatic heterocycles. The van der Waals surface area contributed by atoms with Crippen LogP contribution in [0.15, 0.2) is 51.7 Å². The fourth-order valence-corrected chi connectivity index (χ4v) is 3.72. The van der Waals surface area contributed by atoms with E-state index in [1.165, 1.54) is 10.5 Å². The second-order valence-corrected chi connectivity index (χ2v) is 7.21. The Labute approximate surface area is 156 Å². The van der Waals surface area contributed by atoms with Gasteiger partial charge in [-0.2, -0.15) is 0 Å². The Morgan fingerprint density at radius 2 is 1.96 bits per heavy atom. The summed E-state index contributed by atoms with van der Waals surface area (Å²) in [6.07, 6.45) is 1.85. The van der Waals surface area contributed by atoms with E-state index in [-0.39, 0.29) is 5.63 Å². The lowest BCUT2D eigenvalue weighted by Crippen LogP contribution is -3.10. The fourth-order valence-electron chi connectivity index (χ4n) is 3.59. The molecule has 5 heteroatoms. The van der Waals surface area contributed by atoms with Crippen LogP contribution in [0.4, 0.5) is 0 Å². The third-order valence-corrected chi connectivity index (χ3v) is 5.06. The zero-order valence-corrected chi connectivity index (χ0v) is 15.4. The van der Waals surface area contributed by atoms with E-state index >= 15 is 0 Å². The first-order valence-electron chi connectivity index (χ1n) is 8.93. The molecular weight excluding hydrogens is 350 g/mol. The van der Waals surface area contributed by atoms with Crippen LogP contribution in [0.5, 0.6) is 5.75 Å². The van der Waals surface area contributed by atoms with Gasteiger partial charge in [0, 0.05) is 22.0 Å². The van der Waals surface area contributed by atoms with Crippen molar-refractivity contribution < 1.29 is 14.1 Å². The van der Waals surface area contributed by atoms with E-state index in [0.717, 1.165) is 53.2 Å². The van der Waals surface area contributed by atoms with Gasteiger partial charge in [0.1, 0.15) is 18.8 Å². The lowest BCUT2D eigenvalue weighted by molar-refractivity contribution is -0.945. The Balaban J connectivity index is 1.69. The lowest BCUT2D eigenvalue weighted by Gasteiger charge is -2.26. The minimum Gasteiger partial charge on any atom is -0.445 e. The quantitative estimate of drug-likeness (QED) is 0.716. The average Bonchev–Trinajstić information content (AvgIpc) is 2.64. The molecule has 2 aromatic carbocycles. The molecule has 26 heavy (non-hydrogen) atoms. The third-order valence-electron chi connectivity index (χ3n) is 4.80. The summed E-state index contributed by atoms with van der Waals surface area (Å²) < 4.78 is 11.5. The summed E-state index contributed by atoms with van der Waals surface area (Å²) in [6.45, 7) is 4.28. The van der Waals surface area contributed by atoms with Gasteiger partial charge in [-0.25, -0.2) is 4.79 Å². The normalized spacial score (nSPS) is 16.3. The molecular formula is C21H21ClNO3+. The molecule has 0 amide bonds. The molecule has 0 aliphatic carbocycles. The molecule has 1 N–H and O–H groups in total. The van der Waals surface area contributed by atoms with Crippen LogP contribution in [0.25, 0.3) is 11.0 Å². The highest BCUT2D eigenvalue weighted by molar-refractivity contribution is 6.30. The van der Waals surface area contributed by atoms with E-state index < -0.39 is 0 Å². The van der Waals surface area contributed by atoms with Crippen molar-refractivity contribution in [3.63, 3.8) is 0 Å². The summed E-state index contributed by atoms with van der Waals surface area (Å²) in [4.78, 5) is 13.3. The van der Waals surface area contributed by atoms with Crippen molar-refractivity contribution in [1.82, 2.24) is 0 Å². The maximum absolute atomic E-state index is 12.0. The van der Waals surface area contributed by atoms with Crippen molar-refractivity contribution in [3.8, 4) is 5.75 Å². The maximum Gasteiger partial charge on any atom is 0.336 e. The fraction of sp³-hybridized carbons (Fsp3) is 0.286. The SMILES string of the molecule is CCCc1cc(=O)oc2c3c(ccc12)OC[NH+](Cc1ccc(Cl)cc1)C3. The Kier molecular flexibility index (Phi) is 4.70. The maximum atomic E-state index is 12.0. The summed E-state index contributed by atoms with van der Waals surface area (Å²) in [5, 5.41) is 1.75. The van der Waals surface area contributed by atoms with Gasteiger partial charge in [0.05, 0.1) is 5.56 Å². The molecule has 1 aromatic heterocycles. The molecule has 0 saturated carbocycles. The second-order valence-electron chi connectivity index (χ2n) is 6.78. The van der Waals surface area contributed by atoms with E-state index in [0.29, 0.717) is 12.3 Å². The molecule has 4 nitrogen and oxygen atoms in total. The molecule has 1 atom stereocenters. The molecule has 0 spiro atoms. The topological polar surface area (TPSA) is 43.9 Å². The van der Waals surface area contributed by atoms with Gasteiger partial charge in [0.2, 0.25) is 6.73 Å². The molecule has 3 aromatic rings. The highest BCUT2D eigenvalue weighted by Crippen LogP contribution is 2.30. The van der Waals surface area contributed by atoms with Crippen molar-refractivity contribution in [1.29, 1.82) is 0 Å². The van der Waals surface area contributed by atoms with Crippen LogP contribution in [-0.4, -0.2) is 6.73 Å². The second kappa shape index (κ2) is 7.14. The van der Waals surface area contributed by atoms with Crippen molar-refractivity contribution in [3.05, 3.63) is 74.6 Å². The van der Waals surface area contributed by atoms with Gasteiger partial charge in [-0.1, -0.05) is 37.1 Å². The predicted octanol–water partition coefficient (Wildman–Crippen LogP) is 3.33. The van der Waals surface area contributed by atoms with E-state index in [1.807, 2.05) is 36.4 Å². The van der Waals surface area contributed by atoms with Gasteiger partial charge in [-0.05, 0) is 36.2 Å². The Bertz CT molecular complexity index is 995. The number of aryl methyl sites for hydroxylation is 1. The molecule has 4 rings (SSSR count). The van der Waals surface area contributed by atoms with E-state index in [1.54, 1.807) is 6.07 Å². The van der Waals surface area contributed by atoms with Gasteiger partial charge in [0.25, 0.3) is 0 Å². The first-order chi connectivity index (χ1) is 12.6. The van der Waals surface area contributed by atoms with Gasteiger partial charge >= 0.3 is 5.63 Å². The predicted molar refractivity (Wildman–Crippen MR) is 102 cm³/mol. The van der Waals surface area contributed by atoms with E-state index in [4.69, 9.17) is 20.8 Å². The average molecular weight is 371 g/mol. The first kappa shape index (κ1) is 17.1. The smallest absolute Gasteiger partial charge is 0.336 e. The molecule has 1 unspecified atom stereocenters. The summed E-state index contributed by atoms with van der Waals surface area (Å²) in [5.41, 5.74) is 3.61. The van der Waals surface area contributed by atoms with Crippen LogP contribution in [-0.2, 0) is 19.5 Å². The number of hydrogen-bond acceptors (Lipinski definition) is 3. The van der Waals surface area contributed by atoms with Crippen LogP contribution in [0.2, 0.25) is 5.02 Å².